The molecule has 0 aliphatic heterocycles. The number of hydrogen-bond donors (Lipinski definition) is 2. The Kier molecular flexibility index (Phi) is 3.08. The van der Waals surface area contributed by atoms with Gasteiger partial charge in [0.1, 0.15) is 6.67 Å². The molecule has 76 valence electrons. The minimum absolute atomic E-state index is 0.192. The van der Waals surface area contributed by atoms with Crippen molar-refractivity contribution in [2.75, 3.05) is 6.67 Å². The van der Waals surface area contributed by atoms with Gasteiger partial charge in [-0.2, -0.15) is 0 Å². The minimum atomic E-state index is -1.98. The van der Waals surface area contributed by atoms with Gasteiger partial charge in [-0.3, -0.25) is 0 Å². The summed E-state index contributed by atoms with van der Waals surface area (Å²) in [5, 5.41) is 9.20. The average Bonchev–Trinajstić information content (AvgIpc) is 2.17. The quantitative estimate of drug-likeness (QED) is 0.808. The zero-order valence-corrected chi connectivity index (χ0v) is 7.96. The summed E-state index contributed by atoms with van der Waals surface area (Å²) in [6.45, 7) is -1.16. The van der Waals surface area contributed by atoms with Crippen molar-refractivity contribution in [1.29, 1.82) is 0 Å². The zero-order valence-electron chi connectivity index (χ0n) is 7.21. The van der Waals surface area contributed by atoms with Gasteiger partial charge in [-0.15, -0.1) is 0 Å². The molecular formula is C9H9ClFNO2. The first-order valence-corrected chi connectivity index (χ1v) is 4.23. The molecule has 0 spiro atoms. The molecule has 0 aliphatic rings. The van der Waals surface area contributed by atoms with Crippen molar-refractivity contribution in [1.82, 2.24) is 0 Å². The van der Waals surface area contributed by atoms with E-state index in [1.54, 1.807) is 0 Å². The summed E-state index contributed by atoms with van der Waals surface area (Å²) in [4.78, 5) is 10.7. The van der Waals surface area contributed by atoms with Crippen LogP contribution >= 0.6 is 11.6 Å². The Morgan fingerprint density at radius 2 is 2.00 bits per heavy atom. The van der Waals surface area contributed by atoms with Gasteiger partial charge in [0, 0.05) is 5.02 Å². The van der Waals surface area contributed by atoms with Gasteiger partial charge in [-0.05, 0) is 17.7 Å². The molecule has 0 aromatic heterocycles. The molecule has 1 aromatic rings. The molecular weight excluding hydrogens is 209 g/mol. The standard InChI is InChI=1S/C9H9ClFNO2/c10-7-3-1-6(2-4-7)9(12,5-11)8(13)14/h1-4H,5,12H2,(H,13,14). The van der Waals surface area contributed by atoms with Crippen molar-refractivity contribution in [2.45, 2.75) is 5.54 Å². The van der Waals surface area contributed by atoms with Gasteiger partial charge < -0.3 is 10.8 Å². The van der Waals surface area contributed by atoms with Crippen LogP contribution in [0.25, 0.3) is 0 Å². The molecule has 0 amide bonds. The lowest BCUT2D eigenvalue weighted by Crippen LogP contribution is -2.46. The lowest BCUT2D eigenvalue weighted by Gasteiger charge is -2.21. The van der Waals surface area contributed by atoms with E-state index in [-0.39, 0.29) is 5.56 Å². The average molecular weight is 218 g/mol. The topological polar surface area (TPSA) is 63.3 Å². The van der Waals surface area contributed by atoms with Gasteiger partial charge in [0.2, 0.25) is 0 Å². The largest absolute Gasteiger partial charge is 0.480 e. The van der Waals surface area contributed by atoms with E-state index < -0.39 is 18.2 Å². The van der Waals surface area contributed by atoms with E-state index in [4.69, 9.17) is 22.4 Å². The summed E-state index contributed by atoms with van der Waals surface area (Å²) in [5.41, 5.74) is 3.60. The molecule has 0 radical (unpaired) electrons. The Morgan fingerprint density at radius 1 is 1.50 bits per heavy atom. The van der Waals surface area contributed by atoms with Crippen molar-refractivity contribution in [3.05, 3.63) is 34.9 Å². The number of carboxylic acid groups (broad SMARTS) is 1. The van der Waals surface area contributed by atoms with E-state index in [2.05, 4.69) is 0 Å². The second-order valence-corrected chi connectivity index (χ2v) is 3.35. The van der Waals surface area contributed by atoms with E-state index in [1.165, 1.54) is 24.3 Å². The Morgan fingerprint density at radius 3 is 2.36 bits per heavy atom. The highest BCUT2D eigenvalue weighted by atomic mass is 35.5. The maximum absolute atomic E-state index is 12.5. The van der Waals surface area contributed by atoms with Crippen molar-refractivity contribution < 1.29 is 14.3 Å². The van der Waals surface area contributed by atoms with Gasteiger partial charge in [0.05, 0.1) is 0 Å². The lowest BCUT2D eigenvalue weighted by molar-refractivity contribution is -0.144. The lowest BCUT2D eigenvalue weighted by atomic mass is 9.93. The number of benzene rings is 1. The maximum atomic E-state index is 12.5. The fourth-order valence-electron chi connectivity index (χ4n) is 1.01. The van der Waals surface area contributed by atoms with Gasteiger partial charge in [-0.25, -0.2) is 9.18 Å². The van der Waals surface area contributed by atoms with Crippen molar-refractivity contribution in [3.8, 4) is 0 Å². The number of halogens is 2. The molecule has 1 aromatic carbocycles. The molecule has 0 fully saturated rings. The highest BCUT2D eigenvalue weighted by Gasteiger charge is 2.36. The number of carboxylic acids is 1. The van der Waals surface area contributed by atoms with Crippen LogP contribution in [-0.4, -0.2) is 17.8 Å². The minimum Gasteiger partial charge on any atom is -0.480 e. The molecule has 3 N–H and O–H groups in total. The van der Waals surface area contributed by atoms with Crippen LogP contribution in [0.15, 0.2) is 24.3 Å². The van der Waals surface area contributed by atoms with Gasteiger partial charge in [0.25, 0.3) is 0 Å². The summed E-state index contributed by atoms with van der Waals surface area (Å²) in [6.07, 6.45) is 0. The van der Waals surface area contributed by atoms with Gasteiger partial charge in [-0.1, -0.05) is 23.7 Å². The molecule has 0 bridgehead atoms. The third-order valence-electron chi connectivity index (χ3n) is 1.95. The Labute approximate surface area is 85.3 Å². The predicted molar refractivity (Wildman–Crippen MR) is 50.9 cm³/mol. The Bertz CT molecular complexity index is 341. The molecule has 0 aliphatic carbocycles. The molecule has 1 atom stereocenters. The van der Waals surface area contributed by atoms with Crippen LogP contribution in [0.4, 0.5) is 4.39 Å². The third kappa shape index (κ3) is 1.86. The fraction of sp³-hybridized carbons (Fsp3) is 0.222. The first-order chi connectivity index (χ1) is 6.50. The second kappa shape index (κ2) is 3.94. The maximum Gasteiger partial charge on any atom is 0.331 e. The number of alkyl halides is 1. The summed E-state index contributed by atoms with van der Waals surface area (Å²) < 4.78 is 12.5. The van der Waals surface area contributed by atoms with Crippen LogP contribution in [0, 0.1) is 0 Å². The number of aliphatic carboxylic acids is 1. The number of carbonyl (C=O) groups is 1. The second-order valence-electron chi connectivity index (χ2n) is 2.92. The zero-order chi connectivity index (χ0) is 10.8. The van der Waals surface area contributed by atoms with Crippen LogP contribution in [0.3, 0.4) is 0 Å². The van der Waals surface area contributed by atoms with Crippen LogP contribution in [0.1, 0.15) is 5.56 Å². The predicted octanol–water partition coefficient (Wildman–Crippen LogP) is 1.55. The Balaban J connectivity index is 3.13. The smallest absolute Gasteiger partial charge is 0.331 e. The van der Waals surface area contributed by atoms with Crippen molar-refractivity contribution in [3.63, 3.8) is 0 Å². The SMILES string of the molecule is NC(CF)(C(=O)O)c1ccc(Cl)cc1. The molecule has 1 unspecified atom stereocenters. The Hall–Kier alpha value is -1.13. The monoisotopic (exact) mass is 217 g/mol. The molecule has 3 nitrogen and oxygen atoms in total. The molecule has 14 heavy (non-hydrogen) atoms. The van der Waals surface area contributed by atoms with Gasteiger partial charge >= 0.3 is 5.97 Å². The molecule has 5 heteroatoms. The van der Waals surface area contributed by atoms with E-state index in [9.17, 15) is 9.18 Å². The van der Waals surface area contributed by atoms with Crippen LogP contribution in [-0.2, 0) is 10.3 Å². The number of nitrogens with two attached hydrogens (primary N) is 1. The highest BCUT2D eigenvalue weighted by Crippen LogP contribution is 2.21. The summed E-state index contributed by atoms with van der Waals surface area (Å²) in [7, 11) is 0. The summed E-state index contributed by atoms with van der Waals surface area (Å²) in [5.74, 6) is -1.40. The first kappa shape index (κ1) is 10.9. The summed E-state index contributed by atoms with van der Waals surface area (Å²) in [6, 6.07) is 5.74. The van der Waals surface area contributed by atoms with Crippen molar-refractivity contribution in [2.24, 2.45) is 5.73 Å². The van der Waals surface area contributed by atoms with Crippen LogP contribution in [0.2, 0.25) is 5.02 Å². The fourth-order valence-corrected chi connectivity index (χ4v) is 1.13. The van der Waals surface area contributed by atoms with E-state index in [0.717, 1.165) is 0 Å². The van der Waals surface area contributed by atoms with E-state index in [0.29, 0.717) is 5.02 Å². The first-order valence-electron chi connectivity index (χ1n) is 3.85. The van der Waals surface area contributed by atoms with E-state index >= 15 is 0 Å². The normalized spacial score (nSPS) is 14.8. The van der Waals surface area contributed by atoms with Crippen LogP contribution in [0.5, 0.6) is 0 Å². The van der Waals surface area contributed by atoms with Gasteiger partial charge in [0.15, 0.2) is 5.54 Å². The number of hydrogen-bond acceptors (Lipinski definition) is 2. The van der Waals surface area contributed by atoms with Crippen molar-refractivity contribution >= 4 is 17.6 Å². The van der Waals surface area contributed by atoms with E-state index in [1.807, 2.05) is 0 Å². The molecule has 1 rings (SSSR count). The highest BCUT2D eigenvalue weighted by molar-refractivity contribution is 6.30. The summed E-state index contributed by atoms with van der Waals surface area (Å²) >= 11 is 5.60. The third-order valence-corrected chi connectivity index (χ3v) is 2.20. The molecule has 0 heterocycles. The molecule has 0 saturated heterocycles. The number of rotatable bonds is 3. The molecule has 0 saturated carbocycles. The van der Waals surface area contributed by atoms with Crippen LogP contribution < -0.4 is 5.73 Å².